The van der Waals surface area contributed by atoms with Gasteiger partial charge in [-0.05, 0) is 62.9 Å². The van der Waals surface area contributed by atoms with Gasteiger partial charge in [0.25, 0.3) is 5.91 Å². The zero-order valence-corrected chi connectivity index (χ0v) is 22.2. The second-order valence-electron chi connectivity index (χ2n) is 10.5. The van der Waals surface area contributed by atoms with E-state index in [0.29, 0.717) is 35.4 Å². The summed E-state index contributed by atoms with van der Waals surface area (Å²) >= 11 is 0. The number of fused-ring (bicyclic) bond motifs is 2. The van der Waals surface area contributed by atoms with Crippen LogP contribution in [0.5, 0.6) is 5.75 Å². The number of ether oxygens (including phenoxy) is 1. The van der Waals surface area contributed by atoms with Gasteiger partial charge >= 0.3 is 0 Å². The number of rotatable bonds is 5. The third kappa shape index (κ3) is 4.56. The number of likely N-dealkylation sites (tertiary alicyclic amines) is 1. The molecular formula is C28H32N8O2. The molecule has 10 nitrogen and oxygen atoms in total. The van der Waals surface area contributed by atoms with Gasteiger partial charge < -0.3 is 15.0 Å². The van der Waals surface area contributed by atoms with Gasteiger partial charge in [0, 0.05) is 55.2 Å². The number of hydrogen-bond donors (Lipinski definition) is 2. The summed E-state index contributed by atoms with van der Waals surface area (Å²) in [6.07, 6.45) is 3.75. The molecule has 4 aromatic rings. The zero-order chi connectivity index (χ0) is 26.4. The molecule has 1 saturated heterocycles. The van der Waals surface area contributed by atoms with Crippen LogP contribution in [0.3, 0.4) is 0 Å². The number of anilines is 2. The topological polar surface area (TPSA) is 112 Å². The van der Waals surface area contributed by atoms with Crippen LogP contribution in [0.1, 0.15) is 52.5 Å². The lowest BCUT2D eigenvalue weighted by Gasteiger charge is -2.41. The van der Waals surface area contributed by atoms with E-state index >= 15 is 0 Å². The van der Waals surface area contributed by atoms with Crippen molar-refractivity contribution < 1.29 is 9.53 Å². The lowest BCUT2D eigenvalue weighted by atomic mass is 9.96. The predicted molar refractivity (Wildman–Crippen MR) is 144 cm³/mol. The maximum Gasteiger partial charge on any atom is 0.257 e. The highest BCUT2D eigenvalue weighted by molar-refractivity contribution is 6.00. The second kappa shape index (κ2) is 9.68. The van der Waals surface area contributed by atoms with Crippen molar-refractivity contribution in [2.45, 2.75) is 58.8 Å². The minimum atomic E-state index is -0.0321. The average Bonchev–Trinajstić information content (AvgIpc) is 3.53. The first-order chi connectivity index (χ1) is 18.4. The first kappa shape index (κ1) is 24.3. The predicted octanol–water partition coefficient (Wildman–Crippen LogP) is 4.13. The molecule has 2 N–H and O–H groups in total. The summed E-state index contributed by atoms with van der Waals surface area (Å²) in [5, 5.41) is 14.1. The van der Waals surface area contributed by atoms with Gasteiger partial charge in [-0.15, -0.1) is 5.10 Å². The normalized spacial score (nSPS) is 19.5. The van der Waals surface area contributed by atoms with Crippen LogP contribution in [0.15, 0.2) is 36.5 Å². The van der Waals surface area contributed by atoms with E-state index in [1.54, 1.807) is 19.2 Å². The van der Waals surface area contributed by atoms with E-state index in [0.717, 1.165) is 42.8 Å². The molecule has 2 atom stereocenters. The molecule has 0 spiro atoms. The van der Waals surface area contributed by atoms with Crippen molar-refractivity contribution in [3.8, 4) is 5.75 Å². The van der Waals surface area contributed by atoms with E-state index in [1.807, 2.05) is 11.1 Å². The zero-order valence-electron chi connectivity index (χ0n) is 22.2. The SMILES string of the molecule is COc1cc2[nH]nnc2cc1C(=O)N1CC[C@H](N2Cc3cnc(Nc4cc(C)cc(C)c4)nc3C2)C[C@@H]1C. The lowest BCUT2D eigenvalue weighted by Crippen LogP contribution is -2.50. The van der Waals surface area contributed by atoms with Crippen LogP contribution >= 0.6 is 0 Å². The number of methoxy groups -OCH3 is 1. The largest absolute Gasteiger partial charge is 0.496 e. The molecule has 0 aliphatic carbocycles. The summed E-state index contributed by atoms with van der Waals surface area (Å²) in [6.45, 7) is 8.61. The minimum Gasteiger partial charge on any atom is -0.496 e. The molecule has 1 amide bonds. The van der Waals surface area contributed by atoms with Crippen molar-refractivity contribution in [3.05, 3.63) is 64.5 Å². The van der Waals surface area contributed by atoms with Crippen molar-refractivity contribution in [2.24, 2.45) is 0 Å². The second-order valence-corrected chi connectivity index (χ2v) is 10.5. The highest BCUT2D eigenvalue weighted by Gasteiger charge is 2.36. The molecule has 196 valence electrons. The number of piperidine rings is 1. The molecule has 0 radical (unpaired) electrons. The van der Waals surface area contributed by atoms with Crippen LogP contribution in [0.25, 0.3) is 11.0 Å². The van der Waals surface area contributed by atoms with E-state index in [-0.39, 0.29) is 11.9 Å². The fraction of sp³-hybridized carbons (Fsp3) is 0.393. The third-order valence-corrected chi connectivity index (χ3v) is 7.66. The molecule has 4 heterocycles. The monoisotopic (exact) mass is 512 g/mol. The van der Waals surface area contributed by atoms with Crippen LogP contribution in [0.4, 0.5) is 11.6 Å². The number of hydrogen-bond acceptors (Lipinski definition) is 8. The number of amides is 1. The number of nitrogens with zero attached hydrogens (tertiary/aromatic N) is 6. The fourth-order valence-electron chi connectivity index (χ4n) is 5.82. The molecule has 2 aromatic heterocycles. The molecule has 2 aromatic carbocycles. The maximum atomic E-state index is 13.5. The molecule has 2 aliphatic heterocycles. The first-order valence-electron chi connectivity index (χ1n) is 13.0. The van der Waals surface area contributed by atoms with Crippen LogP contribution in [0.2, 0.25) is 0 Å². The number of aromatic nitrogens is 5. The summed E-state index contributed by atoms with van der Waals surface area (Å²) in [6, 6.07) is 10.4. The number of H-pyrrole nitrogens is 1. The fourth-order valence-corrected chi connectivity index (χ4v) is 5.82. The van der Waals surface area contributed by atoms with Gasteiger partial charge in [-0.3, -0.25) is 14.8 Å². The van der Waals surface area contributed by atoms with Gasteiger partial charge in [0.05, 0.1) is 23.9 Å². The lowest BCUT2D eigenvalue weighted by molar-refractivity contribution is 0.0458. The van der Waals surface area contributed by atoms with E-state index in [2.05, 4.69) is 69.6 Å². The van der Waals surface area contributed by atoms with Crippen molar-refractivity contribution in [1.82, 2.24) is 35.2 Å². The van der Waals surface area contributed by atoms with Crippen LogP contribution < -0.4 is 10.1 Å². The van der Waals surface area contributed by atoms with Crippen molar-refractivity contribution >= 4 is 28.6 Å². The number of aromatic amines is 1. The van der Waals surface area contributed by atoms with Gasteiger partial charge in [0.2, 0.25) is 5.95 Å². The van der Waals surface area contributed by atoms with Crippen LogP contribution in [0, 0.1) is 13.8 Å². The summed E-state index contributed by atoms with van der Waals surface area (Å²) in [7, 11) is 1.58. The first-order valence-corrected chi connectivity index (χ1v) is 13.0. The Balaban J connectivity index is 1.12. The molecule has 0 saturated carbocycles. The van der Waals surface area contributed by atoms with Gasteiger partial charge in [-0.1, -0.05) is 11.3 Å². The Kier molecular flexibility index (Phi) is 6.19. The summed E-state index contributed by atoms with van der Waals surface area (Å²) in [4.78, 5) is 27.4. The molecule has 38 heavy (non-hydrogen) atoms. The van der Waals surface area contributed by atoms with Crippen molar-refractivity contribution in [2.75, 3.05) is 19.0 Å². The van der Waals surface area contributed by atoms with E-state index < -0.39 is 0 Å². The smallest absolute Gasteiger partial charge is 0.257 e. The van der Waals surface area contributed by atoms with Crippen LogP contribution in [-0.2, 0) is 13.1 Å². The number of carbonyl (C=O) groups is 1. The van der Waals surface area contributed by atoms with Crippen LogP contribution in [-0.4, -0.2) is 66.8 Å². The van der Waals surface area contributed by atoms with Gasteiger partial charge in [0.1, 0.15) is 11.3 Å². The Morgan fingerprint density at radius 2 is 1.95 bits per heavy atom. The van der Waals surface area contributed by atoms with E-state index in [4.69, 9.17) is 9.72 Å². The molecule has 0 unspecified atom stereocenters. The summed E-state index contributed by atoms with van der Waals surface area (Å²) in [5.74, 6) is 1.12. The number of benzene rings is 2. The Morgan fingerprint density at radius 3 is 2.71 bits per heavy atom. The Morgan fingerprint density at radius 1 is 1.13 bits per heavy atom. The highest BCUT2D eigenvalue weighted by atomic mass is 16.5. The molecular weight excluding hydrogens is 480 g/mol. The van der Waals surface area contributed by atoms with Gasteiger partial charge in [-0.2, -0.15) is 0 Å². The molecule has 0 bridgehead atoms. The Labute approximate surface area is 221 Å². The van der Waals surface area contributed by atoms with E-state index in [9.17, 15) is 4.79 Å². The average molecular weight is 513 g/mol. The maximum absolute atomic E-state index is 13.5. The Bertz CT molecular complexity index is 1500. The Hall–Kier alpha value is -4.05. The number of carbonyl (C=O) groups excluding carboxylic acids is 1. The number of aryl methyl sites for hydroxylation is 2. The highest BCUT2D eigenvalue weighted by Crippen LogP contribution is 2.32. The third-order valence-electron chi connectivity index (χ3n) is 7.66. The standard InChI is InChI=1S/C28H32N8O2/c1-16-7-17(2)9-20(8-16)30-28-29-13-19-14-35(15-25(19)31-28)21-5-6-36(18(3)10-21)27(37)22-11-23-24(33-34-32-23)12-26(22)38-4/h7-9,11-13,18,21H,5-6,10,14-15H2,1-4H3,(H,29,30,31)(H,32,33,34)/t18-,21-/m0/s1. The molecule has 1 fully saturated rings. The number of nitrogens with one attached hydrogen (secondary N) is 2. The van der Waals surface area contributed by atoms with Gasteiger partial charge in [-0.25, -0.2) is 9.97 Å². The molecule has 10 heteroatoms. The van der Waals surface area contributed by atoms with E-state index in [1.165, 1.54) is 16.7 Å². The minimum absolute atomic E-state index is 0.0321. The summed E-state index contributed by atoms with van der Waals surface area (Å²) < 4.78 is 5.52. The molecule has 2 aliphatic rings. The van der Waals surface area contributed by atoms with Crippen molar-refractivity contribution in [3.63, 3.8) is 0 Å². The molecule has 6 rings (SSSR count). The quantitative estimate of drug-likeness (QED) is 0.411. The van der Waals surface area contributed by atoms with Gasteiger partial charge in [0.15, 0.2) is 0 Å². The van der Waals surface area contributed by atoms with Crippen molar-refractivity contribution in [1.29, 1.82) is 0 Å². The summed E-state index contributed by atoms with van der Waals surface area (Å²) in [5.41, 5.74) is 7.57.